The maximum Gasteiger partial charge on any atom is 0.211 e. The molecule has 2 aromatic rings. The van der Waals surface area contributed by atoms with E-state index in [4.69, 9.17) is 4.74 Å². The Kier molecular flexibility index (Phi) is 6.79. The molecule has 0 aliphatic carbocycles. The number of ketones is 1. The summed E-state index contributed by atoms with van der Waals surface area (Å²) in [4.78, 5) is 16.6. The highest BCUT2D eigenvalue weighted by molar-refractivity contribution is 6.07. The molecule has 0 bridgehead atoms. The molecule has 2 rings (SSSR count). The van der Waals surface area contributed by atoms with Gasteiger partial charge in [0.05, 0.1) is 6.61 Å². The van der Waals surface area contributed by atoms with Gasteiger partial charge in [0.1, 0.15) is 11.4 Å². The molecule has 0 radical (unpaired) electrons. The van der Waals surface area contributed by atoms with Crippen LogP contribution >= 0.6 is 0 Å². The molecule has 0 fully saturated rings. The van der Waals surface area contributed by atoms with Gasteiger partial charge in [0.25, 0.3) is 0 Å². The largest absolute Gasteiger partial charge is 0.494 e. The fraction of sp³-hybridized carbons (Fsp3) is 0.400. The molecule has 0 amide bonds. The van der Waals surface area contributed by atoms with Crippen LogP contribution in [0.1, 0.15) is 60.8 Å². The summed E-state index contributed by atoms with van der Waals surface area (Å²) in [6.07, 6.45) is 6.12. The van der Waals surface area contributed by atoms with E-state index in [1.54, 1.807) is 18.2 Å². The molecule has 0 aliphatic heterocycles. The standard InChI is InChI=1S/C20H25NO2/c1-3-4-5-6-7-15-23-18-13-11-17(12-14-18)20(22)19-10-8-9-16(2)21-19/h8-14H,3-7,15H2,1-2H3. The Labute approximate surface area is 138 Å². The quantitative estimate of drug-likeness (QED) is 0.485. The van der Waals surface area contributed by atoms with E-state index in [1.807, 2.05) is 31.2 Å². The van der Waals surface area contributed by atoms with Crippen LogP contribution in [0.5, 0.6) is 5.75 Å². The Balaban J connectivity index is 1.85. The molecule has 0 spiro atoms. The molecule has 3 nitrogen and oxygen atoms in total. The average Bonchev–Trinajstić information content (AvgIpc) is 2.58. The summed E-state index contributed by atoms with van der Waals surface area (Å²) in [6, 6.07) is 12.8. The highest BCUT2D eigenvalue weighted by atomic mass is 16.5. The van der Waals surface area contributed by atoms with Crippen molar-refractivity contribution in [1.82, 2.24) is 4.98 Å². The van der Waals surface area contributed by atoms with Gasteiger partial charge in [-0.2, -0.15) is 0 Å². The van der Waals surface area contributed by atoms with Crippen molar-refractivity contribution in [1.29, 1.82) is 0 Å². The lowest BCUT2D eigenvalue weighted by molar-refractivity contribution is 0.103. The number of carbonyl (C=O) groups excluding carboxylic acids is 1. The van der Waals surface area contributed by atoms with Gasteiger partial charge >= 0.3 is 0 Å². The van der Waals surface area contributed by atoms with Gasteiger partial charge in [0, 0.05) is 11.3 Å². The summed E-state index contributed by atoms with van der Waals surface area (Å²) in [5.74, 6) is 0.758. The molecule has 1 heterocycles. The van der Waals surface area contributed by atoms with Crippen LogP contribution < -0.4 is 4.74 Å². The van der Waals surface area contributed by atoms with Crippen LogP contribution in [0.3, 0.4) is 0 Å². The average molecular weight is 311 g/mol. The van der Waals surface area contributed by atoms with Crippen LogP contribution in [-0.2, 0) is 0 Å². The first-order valence-electron chi connectivity index (χ1n) is 8.42. The minimum atomic E-state index is -0.0557. The lowest BCUT2D eigenvalue weighted by Gasteiger charge is -2.07. The van der Waals surface area contributed by atoms with E-state index in [-0.39, 0.29) is 5.78 Å². The number of unbranched alkanes of at least 4 members (excludes halogenated alkanes) is 4. The van der Waals surface area contributed by atoms with Crippen molar-refractivity contribution in [2.24, 2.45) is 0 Å². The molecule has 0 atom stereocenters. The molecule has 1 aromatic carbocycles. The van der Waals surface area contributed by atoms with Crippen molar-refractivity contribution in [3.8, 4) is 5.75 Å². The predicted molar refractivity (Wildman–Crippen MR) is 93.1 cm³/mol. The van der Waals surface area contributed by atoms with Crippen molar-refractivity contribution in [3.05, 3.63) is 59.4 Å². The van der Waals surface area contributed by atoms with Gasteiger partial charge in [-0.05, 0) is 49.7 Å². The Morgan fingerprint density at radius 2 is 1.74 bits per heavy atom. The van der Waals surface area contributed by atoms with Crippen LogP contribution in [0.4, 0.5) is 0 Å². The van der Waals surface area contributed by atoms with Gasteiger partial charge < -0.3 is 4.74 Å². The zero-order valence-corrected chi connectivity index (χ0v) is 14.0. The van der Waals surface area contributed by atoms with Gasteiger partial charge in [-0.25, -0.2) is 4.98 Å². The Morgan fingerprint density at radius 3 is 2.43 bits per heavy atom. The van der Waals surface area contributed by atoms with E-state index in [0.717, 1.165) is 24.5 Å². The molecule has 23 heavy (non-hydrogen) atoms. The maximum absolute atomic E-state index is 12.4. The Bertz CT molecular complexity index is 620. The second kappa shape index (κ2) is 9.09. The highest BCUT2D eigenvalue weighted by Crippen LogP contribution is 2.15. The fourth-order valence-corrected chi connectivity index (χ4v) is 2.42. The van der Waals surface area contributed by atoms with E-state index in [1.165, 1.54) is 25.7 Å². The third kappa shape index (κ3) is 5.51. The van der Waals surface area contributed by atoms with Gasteiger partial charge in [0.2, 0.25) is 5.78 Å². The molecule has 3 heteroatoms. The van der Waals surface area contributed by atoms with E-state index in [9.17, 15) is 4.79 Å². The lowest BCUT2D eigenvalue weighted by atomic mass is 10.1. The third-order valence-electron chi connectivity index (χ3n) is 3.75. The molecule has 0 saturated carbocycles. The summed E-state index contributed by atoms with van der Waals surface area (Å²) in [7, 11) is 0. The van der Waals surface area contributed by atoms with E-state index in [0.29, 0.717) is 11.3 Å². The minimum Gasteiger partial charge on any atom is -0.494 e. The van der Waals surface area contributed by atoms with Crippen molar-refractivity contribution in [2.75, 3.05) is 6.61 Å². The molecule has 1 aromatic heterocycles. The predicted octanol–water partition coefficient (Wildman–Crippen LogP) is 4.97. The summed E-state index contributed by atoms with van der Waals surface area (Å²) in [6.45, 7) is 4.83. The van der Waals surface area contributed by atoms with Crippen molar-refractivity contribution >= 4 is 5.78 Å². The number of benzene rings is 1. The van der Waals surface area contributed by atoms with Gasteiger partial charge in [0.15, 0.2) is 0 Å². The van der Waals surface area contributed by atoms with Crippen LogP contribution in [-0.4, -0.2) is 17.4 Å². The first-order chi connectivity index (χ1) is 11.2. The zero-order valence-electron chi connectivity index (χ0n) is 14.0. The second-order valence-electron chi connectivity index (χ2n) is 5.78. The first kappa shape index (κ1) is 17.2. The number of ether oxygens (including phenoxy) is 1. The highest BCUT2D eigenvalue weighted by Gasteiger charge is 2.10. The number of hydrogen-bond donors (Lipinski definition) is 0. The second-order valence-corrected chi connectivity index (χ2v) is 5.78. The summed E-state index contributed by atoms with van der Waals surface area (Å²) in [5, 5.41) is 0. The molecular weight excluding hydrogens is 286 g/mol. The van der Waals surface area contributed by atoms with Crippen molar-refractivity contribution < 1.29 is 9.53 Å². The van der Waals surface area contributed by atoms with Gasteiger partial charge in [-0.1, -0.05) is 38.7 Å². The Morgan fingerprint density at radius 1 is 1.00 bits per heavy atom. The van der Waals surface area contributed by atoms with E-state index in [2.05, 4.69) is 11.9 Å². The summed E-state index contributed by atoms with van der Waals surface area (Å²) < 4.78 is 5.72. The first-order valence-corrected chi connectivity index (χ1v) is 8.42. The monoisotopic (exact) mass is 311 g/mol. The lowest BCUT2D eigenvalue weighted by Crippen LogP contribution is -2.05. The smallest absolute Gasteiger partial charge is 0.211 e. The van der Waals surface area contributed by atoms with Crippen LogP contribution in [0, 0.1) is 6.92 Å². The van der Waals surface area contributed by atoms with Gasteiger partial charge in [-0.15, -0.1) is 0 Å². The number of rotatable bonds is 9. The molecule has 122 valence electrons. The number of aryl methyl sites for hydroxylation is 1. The van der Waals surface area contributed by atoms with Crippen LogP contribution in [0.25, 0.3) is 0 Å². The maximum atomic E-state index is 12.4. The molecular formula is C20H25NO2. The van der Waals surface area contributed by atoms with E-state index >= 15 is 0 Å². The topological polar surface area (TPSA) is 39.2 Å². The number of carbonyl (C=O) groups is 1. The molecule has 0 aliphatic rings. The van der Waals surface area contributed by atoms with Crippen LogP contribution in [0.15, 0.2) is 42.5 Å². The minimum absolute atomic E-state index is 0.0557. The third-order valence-corrected chi connectivity index (χ3v) is 3.75. The molecule has 0 N–H and O–H groups in total. The summed E-state index contributed by atoms with van der Waals surface area (Å²) >= 11 is 0. The number of aromatic nitrogens is 1. The Hall–Kier alpha value is -2.16. The van der Waals surface area contributed by atoms with Gasteiger partial charge in [-0.3, -0.25) is 4.79 Å². The van der Waals surface area contributed by atoms with E-state index < -0.39 is 0 Å². The van der Waals surface area contributed by atoms with Crippen molar-refractivity contribution in [2.45, 2.75) is 46.0 Å². The SMILES string of the molecule is CCCCCCCOc1ccc(C(=O)c2cccc(C)n2)cc1. The summed E-state index contributed by atoms with van der Waals surface area (Å²) in [5.41, 5.74) is 1.96. The number of hydrogen-bond acceptors (Lipinski definition) is 3. The van der Waals surface area contributed by atoms with Crippen LogP contribution in [0.2, 0.25) is 0 Å². The normalized spacial score (nSPS) is 10.5. The number of nitrogens with zero attached hydrogens (tertiary/aromatic N) is 1. The zero-order chi connectivity index (χ0) is 16.5. The van der Waals surface area contributed by atoms with Crippen molar-refractivity contribution in [3.63, 3.8) is 0 Å². The molecule has 0 saturated heterocycles. The fourth-order valence-electron chi connectivity index (χ4n) is 2.42. The molecule has 0 unspecified atom stereocenters. The number of pyridine rings is 1.